The first kappa shape index (κ1) is 12.4. The van der Waals surface area contributed by atoms with Gasteiger partial charge in [0.15, 0.2) is 0 Å². The zero-order chi connectivity index (χ0) is 11.3. The van der Waals surface area contributed by atoms with Crippen molar-refractivity contribution in [3.8, 4) is 0 Å². The molecule has 0 aliphatic heterocycles. The Bertz CT molecular complexity index is 205. The van der Waals surface area contributed by atoms with Crippen molar-refractivity contribution < 1.29 is 13.9 Å². The molecule has 88 valence electrons. The summed E-state index contributed by atoms with van der Waals surface area (Å²) in [5.74, 6) is -0.428. The van der Waals surface area contributed by atoms with Gasteiger partial charge in [-0.1, -0.05) is 19.3 Å². The first-order chi connectivity index (χ1) is 7.15. The largest absolute Gasteiger partial charge is 0.468 e. The number of nitrogens with two attached hydrogens (primary N) is 1. The van der Waals surface area contributed by atoms with Crippen LogP contribution in [0.25, 0.3) is 0 Å². The Morgan fingerprint density at radius 3 is 2.60 bits per heavy atom. The van der Waals surface area contributed by atoms with E-state index in [-0.39, 0.29) is 12.3 Å². The molecule has 0 amide bonds. The molecule has 3 nitrogen and oxygen atoms in total. The number of ether oxygens (including phenoxy) is 1. The fourth-order valence-corrected chi connectivity index (χ4v) is 2.18. The molecule has 0 aromatic rings. The summed E-state index contributed by atoms with van der Waals surface area (Å²) in [6.45, 7) is 0. The monoisotopic (exact) mass is 217 g/mol. The zero-order valence-corrected chi connectivity index (χ0v) is 9.25. The molecule has 2 N–H and O–H groups in total. The first-order valence-corrected chi connectivity index (χ1v) is 5.62. The molecule has 4 heteroatoms. The highest BCUT2D eigenvalue weighted by molar-refractivity contribution is 5.75. The van der Waals surface area contributed by atoms with E-state index in [2.05, 4.69) is 4.74 Å². The summed E-state index contributed by atoms with van der Waals surface area (Å²) in [5, 5.41) is 0. The SMILES string of the molecule is COC(=O)C(N)CC(F)C1CCCCC1. The van der Waals surface area contributed by atoms with E-state index in [1.165, 1.54) is 13.5 Å². The lowest BCUT2D eigenvalue weighted by Gasteiger charge is -2.26. The topological polar surface area (TPSA) is 52.3 Å². The molecule has 1 aliphatic rings. The van der Waals surface area contributed by atoms with Crippen LogP contribution in [-0.2, 0) is 9.53 Å². The van der Waals surface area contributed by atoms with Gasteiger partial charge in [0.05, 0.1) is 7.11 Å². The van der Waals surface area contributed by atoms with Gasteiger partial charge in [0.1, 0.15) is 12.2 Å². The van der Waals surface area contributed by atoms with Gasteiger partial charge in [-0.2, -0.15) is 0 Å². The number of hydrogen-bond donors (Lipinski definition) is 1. The third kappa shape index (κ3) is 3.78. The Labute approximate surface area is 90.2 Å². The van der Waals surface area contributed by atoms with Crippen LogP contribution in [0.3, 0.4) is 0 Å². The highest BCUT2D eigenvalue weighted by Crippen LogP contribution is 2.29. The van der Waals surface area contributed by atoms with Crippen molar-refractivity contribution in [2.75, 3.05) is 7.11 Å². The van der Waals surface area contributed by atoms with Crippen molar-refractivity contribution in [3.05, 3.63) is 0 Å². The van der Waals surface area contributed by atoms with Crippen LogP contribution >= 0.6 is 0 Å². The first-order valence-electron chi connectivity index (χ1n) is 5.62. The summed E-state index contributed by atoms with van der Waals surface area (Å²) in [4.78, 5) is 11.0. The molecule has 0 aromatic carbocycles. The fourth-order valence-electron chi connectivity index (χ4n) is 2.18. The maximum absolute atomic E-state index is 13.7. The standard InChI is InChI=1S/C11H20FNO2/c1-15-11(14)10(13)7-9(12)8-5-3-2-4-6-8/h8-10H,2-7,13H2,1H3. The predicted molar refractivity (Wildman–Crippen MR) is 56.1 cm³/mol. The number of alkyl halides is 1. The molecule has 1 aliphatic carbocycles. The van der Waals surface area contributed by atoms with Crippen LogP contribution in [0, 0.1) is 5.92 Å². The minimum atomic E-state index is -0.959. The van der Waals surface area contributed by atoms with E-state index in [0.29, 0.717) is 0 Å². The molecule has 0 saturated heterocycles. The number of esters is 1. The minimum Gasteiger partial charge on any atom is -0.468 e. The fraction of sp³-hybridized carbons (Fsp3) is 0.909. The molecule has 2 unspecified atom stereocenters. The molecule has 1 saturated carbocycles. The summed E-state index contributed by atoms with van der Waals surface area (Å²) >= 11 is 0. The number of halogens is 1. The molecular formula is C11H20FNO2. The van der Waals surface area contributed by atoms with Crippen molar-refractivity contribution in [2.45, 2.75) is 50.7 Å². The van der Waals surface area contributed by atoms with E-state index in [1.54, 1.807) is 0 Å². The predicted octanol–water partition coefficient (Wildman–Crippen LogP) is 1.80. The van der Waals surface area contributed by atoms with Crippen LogP contribution < -0.4 is 5.73 Å². The molecule has 1 fully saturated rings. The highest BCUT2D eigenvalue weighted by Gasteiger charge is 2.27. The van der Waals surface area contributed by atoms with Gasteiger partial charge in [0, 0.05) is 6.42 Å². The maximum Gasteiger partial charge on any atom is 0.322 e. The number of hydrogen-bond acceptors (Lipinski definition) is 3. The van der Waals surface area contributed by atoms with Crippen LogP contribution in [0.4, 0.5) is 4.39 Å². The molecular weight excluding hydrogens is 197 g/mol. The molecule has 0 spiro atoms. The van der Waals surface area contributed by atoms with Crippen LogP contribution in [0.2, 0.25) is 0 Å². The Balaban J connectivity index is 2.33. The van der Waals surface area contributed by atoms with Gasteiger partial charge in [-0.25, -0.2) is 4.39 Å². The lowest BCUT2D eigenvalue weighted by atomic mass is 9.84. The van der Waals surface area contributed by atoms with Gasteiger partial charge in [-0.3, -0.25) is 4.79 Å². The van der Waals surface area contributed by atoms with Gasteiger partial charge < -0.3 is 10.5 Å². The summed E-state index contributed by atoms with van der Waals surface area (Å²) in [6.07, 6.45) is 4.38. The highest BCUT2D eigenvalue weighted by atomic mass is 19.1. The Kier molecular flexibility index (Phi) is 5.02. The molecule has 0 bridgehead atoms. The van der Waals surface area contributed by atoms with Crippen molar-refractivity contribution in [3.63, 3.8) is 0 Å². The number of rotatable bonds is 4. The lowest BCUT2D eigenvalue weighted by molar-refractivity contribution is -0.142. The Hall–Kier alpha value is -0.640. The van der Waals surface area contributed by atoms with E-state index in [0.717, 1.165) is 25.7 Å². The summed E-state index contributed by atoms with van der Waals surface area (Å²) in [7, 11) is 1.27. The van der Waals surface area contributed by atoms with Crippen LogP contribution in [-0.4, -0.2) is 25.3 Å². The normalized spacial score (nSPS) is 22.1. The van der Waals surface area contributed by atoms with Crippen molar-refractivity contribution in [2.24, 2.45) is 11.7 Å². The van der Waals surface area contributed by atoms with E-state index < -0.39 is 18.2 Å². The van der Waals surface area contributed by atoms with Crippen LogP contribution in [0.1, 0.15) is 38.5 Å². The zero-order valence-electron chi connectivity index (χ0n) is 9.25. The van der Waals surface area contributed by atoms with Crippen LogP contribution in [0.5, 0.6) is 0 Å². The van der Waals surface area contributed by atoms with Gasteiger partial charge in [-0.15, -0.1) is 0 Å². The van der Waals surface area contributed by atoms with E-state index >= 15 is 0 Å². The maximum atomic E-state index is 13.7. The molecule has 0 radical (unpaired) electrons. The van der Waals surface area contributed by atoms with Crippen LogP contribution in [0.15, 0.2) is 0 Å². The van der Waals surface area contributed by atoms with Gasteiger partial charge >= 0.3 is 5.97 Å². The van der Waals surface area contributed by atoms with E-state index in [4.69, 9.17) is 5.73 Å². The third-order valence-corrected chi connectivity index (χ3v) is 3.14. The van der Waals surface area contributed by atoms with Gasteiger partial charge in [0.2, 0.25) is 0 Å². The van der Waals surface area contributed by atoms with Crippen molar-refractivity contribution in [1.29, 1.82) is 0 Å². The minimum absolute atomic E-state index is 0.0921. The Morgan fingerprint density at radius 2 is 2.07 bits per heavy atom. The quantitative estimate of drug-likeness (QED) is 0.730. The van der Waals surface area contributed by atoms with Gasteiger partial charge in [-0.05, 0) is 18.8 Å². The number of carbonyl (C=O) groups is 1. The van der Waals surface area contributed by atoms with E-state index in [1.807, 2.05) is 0 Å². The molecule has 0 aromatic heterocycles. The second-order valence-corrected chi connectivity index (χ2v) is 4.28. The second-order valence-electron chi connectivity index (χ2n) is 4.28. The van der Waals surface area contributed by atoms with Crippen molar-refractivity contribution >= 4 is 5.97 Å². The average molecular weight is 217 g/mol. The summed E-state index contributed by atoms with van der Waals surface area (Å²) in [5.41, 5.74) is 5.52. The summed E-state index contributed by atoms with van der Waals surface area (Å²) < 4.78 is 18.2. The average Bonchev–Trinajstić information content (AvgIpc) is 2.29. The van der Waals surface area contributed by atoms with Gasteiger partial charge in [0.25, 0.3) is 0 Å². The molecule has 2 atom stereocenters. The smallest absolute Gasteiger partial charge is 0.322 e. The molecule has 0 heterocycles. The summed E-state index contributed by atoms with van der Waals surface area (Å²) in [6, 6.07) is -0.813. The third-order valence-electron chi connectivity index (χ3n) is 3.14. The van der Waals surface area contributed by atoms with E-state index in [9.17, 15) is 9.18 Å². The molecule has 15 heavy (non-hydrogen) atoms. The Morgan fingerprint density at radius 1 is 1.47 bits per heavy atom. The molecule has 1 rings (SSSR count). The van der Waals surface area contributed by atoms with Crippen molar-refractivity contribution in [1.82, 2.24) is 0 Å². The number of carbonyl (C=O) groups excluding carboxylic acids is 1. The second kappa shape index (κ2) is 6.05. The lowest BCUT2D eigenvalue weighted by Crippen LogP contribution is -2.36. The number of methoxy groups -OCH3 is 1.